The Kier molecular flexibility index (Phi) is 17.2. The number of unbranched alkanes of at least 4 members (excludes halogenated alkanes) is 13. The van der Waals surface area contributed by atoms with Gasteiger partial charge >= 0.3 is 0 Å². The Morgan fingerprint density at radius 3 is 1.32 bits per heavy atom. The Hall–Kier alpha value is -0.440. The molecule has 0 nitrogen and oxygen atoms in total. The standard InChI is InChI=1S/C19H34/c1-3-5-7-9-11-13-15-17-19-18-16-14-12-10-8-6-4-2/h1-7,9,11-19H2. The van der Waals surface area contributed by atoms with Gasteiger partial charge in [0.1, 0.15) is 0 Å². The third-order valence-corrected chi connectivity index (χ3v) is 3.48. The van der Waals surface area contributed by atoms with Crippen LogP contribution in [0.3, 0.4) is 0 Å². The Balaban J connectivity index is 2.97. The Morgan fingerprint density at radius 2 is 0.842 bits per heavy atom. The summed E-state index contributed by atoms with van der Waals surface area (Å²) in [5.41, 5.74) is 0. The van der Waals surface area contributed by atoms with Crippen molar-refractivity contribution in [1.82, 2.24) is 0 Å². The minimum Gasteiger partial charge on any atom is -0.103 e. The van der Waals surface area contributed by atoms with Gasteiger partial charge in [-0.3, -0.25) is 0 Å². The molecule has 0 saturated carbocycles. The molecule has 0 aromatic carbocycles. The lowest BCUT2D eigenvalue weighted by atomic mass is 10.0. The highest BCUT2D eigenvalue weighted by Gasteiger charge is 1.92. The molecule has 0 aliphatic heterocycles. The summed E-state index contributed by atoms with van der Waals surface area (Å²) in [6.07, 6.45) is 19.5. The molecule has 110 valence electrons. The van der Waals surface area contributed by atoms with Gasteiger partial charge in [0.05, 0.1) is 0 Å². The van der Waals surface area contributed by atoms with E-state index in [0.29, 0.717) is 0 Å². The van der Waals surface area contributed by atoms with E-state index in [4.69, 9.17) is 0 Å². The summed E-state index contributed by atoms with van der Waals surface area (Å²) in [6.45, 7) is 7.66. The van der Waals surface area contributed by atoms with E-state index in [9.17, 15) is 0 Å². The van der Waals surface area contributed by atoms with Crippen molar-refractivity contribution in [1.29, 1.82) is 0 Å². The van der Waals surface area contributed by atoms with E-state index in [-0.39, 0.29) is 0 Å². The molecule has 0 aliphatic rings. The van der Waals surface area contributed by atoms with E-state index in [1.165, 1.54) is 70.6 Å². The van der Waals surface area contributed by atoms with E-state index < -0.39 is 0 Å². The van der Waals surface area contributed by atoms with Gasteiger partial charge in [0.15, 0.2) is 0 Å². The van der Waals surface area contributed by atoms with Crippen LogP contribution in [0.5, 0.6) is 0 Å². The molecule has 19 heavy (non-hydrogen) atoms. The zero-order chi connectivity index (χ0) is 14.0. The molecule has 0 aliphatic carbocycles. The van der Waals surface area contributed by atoms with Gasteiger partial charge in [0, 0.05) is 12.8 Å². The first kappa shape index (κ1) is 18.6. The summed E-state index contributed by atoms with van der Waals surface area (Å²) in [4.78, 5) is 0. The highest BCUT2D eigenvalue weighted by molar-refractivity contribution is 4.98. The maximum atomic E-state index is 3.88. The third-order valence-electron chi connectivity index (χ3n) is 3.48. The molecular formula is C19H34. The molecule has 0 amide bonds. The van der Waals surface area contributed by atoms with E-state index in [1.54, 1.807) is 0 Å². The van der Waals surface area contributed by atoms with Crippen molar-refractivity contribution >= 4 is 0 Å². The maximum Gasteiger partial charge on any atom is 0.00886 e. The summed E-state index contributed by atoms with van der Waals surface area (Å²) in [5, 5.41) is 0. The minimum absolute atomic E-state index is 0.947. The van der Waals surface area contributed by atoms with Crippen molar-refractivity contribution in [2.45, 2.75) is 96.3 Å². The molecule has 2 radical (unpaired) electrons. The second-order valence-corrected chi connectivity index (χ2v) is 5.45. The zero-order valence-electron chi connectivity index (χ0n) is 13.0. The van der Waals surface area contributed by atoms with Crippen molar-refractivity contribution < 1.29 is 0 Å². The van der Waals surface area contributed by atoms with Crippen molar-refractivity contribution in [3.8, 4) is 11.8 Å². The van der Waals surface area contributed by atoms with Gasteiger partial charge in [0.2, 0.25) is 0 Å². The molecule has 0 heterocycles. The smallest absolute Gasteiger partial charge is 0.00886 e. The molecule has 0 aromatic heterocycles. The van der Waals surface area contributed by atoms with E-state index in [1.807, 2.05) is 0 Å². The lowest BCUT2D eigenvalue weighted by Gasteiger charge is -2.01. The fraction of sp³-hybridized carbons (Fsp3) is 0.789. The SMILES string of the molecule is [CH2]CCC#CCCCCCCCCCCCCC[CH2]. The Morgan fingerprint density at radius 1 is 0.421 bits per heavy atom. The molecule has 0 N–H and O–H groups in total. The van der Waals surface area contributed by atoms with Crippen molar-refractivity contribution in [2.24, 2.45) is 0 Å². The predicted molar refractivity (Wildman–Crippen MR) is 87.7 cm³/mol. The second-order valence-electron chi connectivity index (χ2n) is 5.45. The van der Waals surface area contributed by atoms with Crippen molar-refractivity contribution in [3.63, 3.8) is 0 Å². The molecule has 0 heteroatoms. The molecule has 0 atom stereocenters. The van der Waals surface area contributed by atoms with E-state index >= 15 is 0 Å². The minimum atomic E-state index is 0.947. The second kappa shape index (κ2) is 17.6. The Labute approximate surface area is 122 Å². The van der Waals surface area contributed by atoms with Gasteiger partial charge in [-0.15, -0.1) is 11.8 Å². The highest BCUT2D eigenvalue weighted by atomic mass is 14.0. The highest BCUT2D eigenvalue weighted by Crippen LogP contribution is 2.12. The molecule has 0 saturated heterocycles. The van der Waals surface area contributed by atoms with Gasteiger partial charge < -0.3 is 0 Å². The average Bonchev–Trinajstić information content (AvgIpc) is 2.43. The first-order valence-corrected chi connectivity index (χ1v) is 8.46. The average molecular weight is 262 g/mol. The summed E-state index contributed by atoms with van der Waals surface area (Å²) in [5.74, 6) is 6.39. The normalized spacial score (nSPS) is 10.2. The molecule has 0 unspecified atom stereocenters. The van der Waals surface area contributed by atoms with Gasteiger partial charge in [-0.1, -0.05) is 84.5 Å². The van der Waals surface area contributed by atoms with Gasteiger partial charge in [0.25, 0.3) is 0 Å². The molecule has 0 bridgehead atoms. The van der Waals surface area contributed by atoms with Crippen LogP contribution < -0.4 is 0 Å². The lowest BCUT2D eigenvalue weighted by Crippen LogP contribution is -1.82. The number of rotatable bonds is 13. The molecule has 0 spiro atoms. The quantitative estimate of drug-likeness (QED) is 0.262. The maximum absolute atomic E-state index is 3.88. The Bertz CT molecular complexity index is 206. The topological polar surface area (TPSA) is 0 Å². The third kappa shape index (κ3) is 17.6. The van der Waals surface area contributed by atoms with E-state index in [2.05, 4.69) is 25.7 Å². The predicted octanol–water partition coefficient (Wildman–Crippen LogP) is 6.51. The largest absolute Gasteiger partial charge is 0.103 e. The van der Waals surface area contributed by atoms with Crippen LogP contribution in [0.1, 0.15) is 96.3 Å². The van der Waals surface area contributed by atoms with Gasteiger partial charge in [-0.2, -0.15) is 0 Å². The van der Waals surface area contributed by atoms with Crippen molar-refractivity contribution in [2.75, 3.05) is 0 Å². The summed E-state index contributed by atoms with van der Waals surface area (Å²) >= 11 is 0. The number of hydrogen-bond acceptors (Lipinski definition) is 0. The van der Waals surface area contributed by atoms with Crippen LogP contribution in [0.25, 0.3) is 0 Å². The van der Waals surface area contributed by atoms with Crippen LogP contribution in [0, 0.1) is 25.7 Å². The summed E-state index contributed by atoms with van der Waals surface area (Å²) < 4.78 is 0. The van der Waals surface area contributed by atoms with E-state index in [0.717, 1.165) is 25.7 Å². The monoisotopic (exact) mass is 262 g/mol. The molecule has 0 aromatic rings. The van der Waals surface area contributed by atoms with Crippen LogP contribution >= 0.6 is 0 Å². The fourth-order valence-electron chi connectivity index (χ4n) is 2.25. The van der Waals surface area contributed by atoms with Crippen LogP contribution in [-0.2, 0) is 0 Å². The zero-order valence-corrected chi connectivity index (χ0v) is 13.0. The van der Waals surface area contributed by atoms with Crippen LogP contribution in [-0.4, -0.2) is 0 Å². The first-order valence-electron chi connectivity index (χ1n) is 8.46. The summed E-state index contributed by atoms with van der Waals surface area (Å²) in [7, 11) is 0. The first-order chi connectivity index (χ1) is 9.41. The number of hydrogen-bond donors (Lipinski definition) is 0. The van der Waals surface area contributed by atoms with Gasteiger partial charge in [-0.05, 0) is 12.8 Å². The van der Waals surface area contributed by atoms with Crippen LogP contribution in [0.15, 0.2) is 0 Å². The lowest BCUT2D eigenvalue weighted by molar-refractivity contribution is 0.548. The van der Waals surface area contributed by atoms with Crippen molar-refractivity contribution in [3.05, 3.63) is 13.8 Å². The fourth-order valence-corrected chi connectivity index (χ4v) is 2.25. The summed E-state index contributed by atoms with van der Waals surface area (Å²) in [6, 6.07) is 0. The van der Waals surface area contributed by atoms with Crippen LogP contribution in [0.4, 0.5) is 0 Å². The molecule has 0 fully saturated rings. The van der Waals surface area contributed by atoms with Gasteiger partial charge in [-0.25, -0.2) is 0 Å². The molecular weight excluding hydrogens is 228 g/mol. The molecule has 0 rings (SSSR count). The van der Waals surface area contributed by atoms with Crippen LogP contribution in [0.2, 0.25) is 0 Å².